The largest absolute Gasteiger partial charge is 0.507 e. The van der Waals surface area contributed by atoms with Gasteiger partial charge in [-0.1, -0.05) is 144 Å². The molecule has 5 aromatic carbocycles. The monoisotopic (exact) mass is 911 g/mol. The molecule has 0 atom stereocenters. The predicted octanol–water partition coefficient (Wildman–Crippen LogP) is 13.1. The van der Waals surface area contributed by atoms with Crippen LogP contribution in [0, 0.1) is 6.07 Å². The van der Waals surface area contributed by atoms with Crippen molar-refractivity contribution in [1.29, 1.82) is 0 Å². The normalized spacial score (nSPS) is 12.0. The topological polar surface area (TPSA) is 63.6 Å². The molecule has 0 amide bonds. The second kappa shape index (κ2) is 14.1. The quantitative estimate of drug-likeness (QED) is 0.175. The third-order valence-electron chi connectivity index (χ3n) is 10.5. The van der Waals surface area contributed by atoms with Gasteiger partial charge in [-0.05, 0) is 80.4 Å². The average molecular weight is 912 g/mol. The van der Waals surface area contributed by atoms with Crippen molar-refractivity contribution in [3.05, 3.63) is 157 Å². The molecule has 0 bridgehead atoms. The predicted molar refractivity (Wildman–Crippen MR) is 225 cm³/mol. The van der Waals surface area contributed by atoms with Gasteiger partial charge in [0.05, 0.1) is 11.3 Å². The van der Waals surface area contributed by atoms with E-state index in [1.807, 2.05) is 60.7 Å². The second-order valence-electron chi connectivity index (χ2n) is 16.4. The van der Waals surface area contributed by atoms with Crippen LogP contribution >= 0.6 is 0 Å². The van der Waals surface area contributed by atoms with E-state index in [0.29, 0.717) is 22.5 Å². The number of para-hydroxylation sites is 2. The fourth-order valence-electron chi connectivity index (χ4n) is 7.44. The summed E-state index contributed by atoms with van der Waals surface area (Å²) in [5.41, 5.74) is 13.2. The van der Waals surface area contributed by atoms with Gasteiger partial charge in [0.15, 0.2) is 0 Å². The van der Waals surface area contributed by atoms with E-state index >= 15 is 0 Å². The molecular formula is C50H42N3O2Pt-. The van der Waals surface area contributed by atoms with Crippen molar-refractivity contribution in [3.63, 3.8) is 0 Å². The molecule has 9 aromatic rings. The molecule has 0 saturated carbocycles. The van der Waals surface area contributed by atoms with E-state index in [2.05, 4.69) is 125 Å². The van der Waals surface area contributed by atoms with Crippen molar-refractivity contribution in [1.82, 2.24) is 14.4 Å². The maximum absolute atomic E-state index is 11.2. The molecule has 5 nitrogen and oxygen atoms in total. The molecule has 0 saturated heterocycles. The first-order valence-corrected chi connectivity index (χ1v) is 18.8. The third kappa shape index (κ3) is 6.65. The Hall–Kier alpha value is -5.77. The summed E-state index contributed by atoms with van der Waals surface area (Å²) in [5, 5.41) is 13.1. The van der Waals surface area contributed by atoms with Gasteiger partial charge in [-0.3, -0.25) is 9.97 Å². The molecule has 0 radical (unpaired) electrons. The number of hydrogen-bond acceptors (Lipinski definition) is 4. The molecule has 6 heteroatoms. The van der Waals surface area contributed by atoms with Crippen LogP contribution in [-0.4, -0.2) is 19.5 Å². The molecule has 0 fully saturated rings. The molecule has 0 aliphatic heterocycles. The summed E-state index contributed by atoms with van der Waals surface area (Å²) >= 11 is 0. The van der Waals surface area contributed by atoms with E-state index in [4.69, 9.17) is 14.4 Å². The van der Waals surface area contributed by atoms with Gasteiger partial charge >= 0.3 is 0 Å². The van der Waals surface area contributed by atoms with Crippen LogP contribution in [0.25, 0.3) is 83.7 Å². The van der Waals surface area contributed by atoms with Crippen LogP contribution in [0.1, 0.15) is 52.7 Å². The maximum atomic E-state index is 11.2. The zero-order chi connectivity index (χ0) is 38.1. The van der Waals surface area contributed by atoms with Crippen LogP contribution in [0.4, 0.5) is 0 Å². The second-order valence-corrected chi connectivity index (χ2v) is 16.4. The number of benzene rings is 5. The Morgan fingerprint density at radius 3 is 1.98 bits per heavy atom. The van der Waals surface area contributed by atoms with Crippen molar-refractivity contribution in [3.8, 4) is 61.9 Å². The van der Waals surface area contributed by atoms with Gasteiger partial charge in [-0.25, -0.2) is 0 Å². The number of nitrogens with zero attached hydrogens (tertiary/aromatic N) is 3. The van der Waals surface area contributed by atoms with Gasteiger partial charge in [-0.15, -0.1) is 12.1 Å². The number of aromatic nitrogens is 3. The minimum absolute atomic E-state index is 0. The van der Waals surface area contributed by atoms with Crippen LogP contribution in [0.5, 0.6) is 5.75 Å². The number of hydrogen-bond donors (Lipinski definition) is 1. The number of phenolic OH excluding ortho intramolecular Hbond substituents is 1. The molecule has 280 valence electrons. The fraction of sp³-hybridized carbons (Fsp3) is 0.160. The Labute approximate surface area is 342 Å². The van der Waals surface area contributed by atoms with E-state index < -0.39 is 0 Å². The number of rotatable bonds is 5. The Morgan fingerprint density at radius 1 is 0.607 bits per heavy atom. The standard InChI is InChI=1S/C50H42N3O2.Pt/c1-49(2,3)35-24-32(25-36(30-35)50(4,5)6)33-28-41(38-19-10-12-20-43(38)54)51-42(29-33)40-27-34(26-39-37-18-11-13-21-44(37)55-48(39)40)46-47(31-16-8-7-9-17-31)53-23-15-14-22-45(53)52-46;/h7-26,28-30,54H,1-6H3;/q-1;. The molecule has 9 rings (SSSR count). The molecule has 0 unspecified atom stereocenters. The van der Waals surface area contributed by atoms with Crippen molar-refractivity contribution in [2.24, 2.45) is 0 Å². The van der Waals surface area contributed by atoms with Gasteiger partial charge in [0, 0.05) is 55.3 Å². The van der Waals surface area contributed by atoms with Crippen LogP contribution in [0.15, 0.2) is 144 Å². The minimum atomic E-state index is -0.0699. The summed E-state index contributed by atoms with van der Waals surface area (Å²) in [6.07, 6.45) is 2.06. The number of aromatic hydroxyl groups is 1. The first-order valence-electron chi connectivity index (χ1n) is 18.8. The number of fused-ring (bicyclic) bond motifs is 4. The Bertz CT molecular complexity index is 2880. The van der Waals surface area contributed by atoms with Gasteiger partial charge in [0.1, 0.15) is 17.0 Å². The molecule has 4 aromatic heterocycles. The van der Waals surface area contributed by atoms with Crippen molar-refractivity contribution in [2.45, 2.75) is 52.4 Å². The number of furan rings is 1. The van der Waals surface area contributed by atoms with Gasteiger partial charge in [-0.2, -0.15) is 0 Å². The Balaban J connectivity index is 0.00000441. The first kappa shape index (κ1) is 37.2. The molecule has 4 heterocycles. The van der Waals surface area contributed by atoms with Crippen molar-refractivity contribution in [2.75, 3.05) is 0 Å². The molecule has 0 spiro atoms. The summed E-state index contributed by atoms with van der Waals surface area (Å²) in [5.74, 6) is 0.167. The average Bonchev–Trinajstić information content (AvgIpc) is 3.76. The van der Waals surface area contributed by atoms with E-state index in [0.717, 1.165) is 61.2 Å². The Morgan fingerprint density at radius 2 is 1.25 bits per heavy atom. The van der Waals surface area contributed by atoms with Crippen molar-refractivity contribution >= 4 is 27.6 Å². The number of phenols is 1. The first-order chi connectivity index (χ1) is 26.4. The van der Waals surface area contributed by atoms with Gasteiger partial charge in [0.25, 0.3) is 0 Å². The van der Waals surface area contributed by atoms with Gasteiger partial charge in [0.2, 0.25) is 0 Å². The molecule has 0 aliphatic rings. The maximum Gasteiger partial charge on any atom is 0.129 e. The van der Waals surface area contributed by atoms with E-state index in [-0.39, 0.29) is 37.6 Å². The number of imidazole rings is 1. The van der Waals surface area contributed by atoms with Crippen LogP contribution in [0.3, 0.4) is 0 Å². The van der Waals surface area contributed by atoms with E-state index in [9.17, 15) is 5.11 Å². The third-order valence-corrected chi connectivity index (χ3v) is 10.5. The van der Waals surface area contributed by atoms with Crippen LogP contribution in [-0.2, 0) is 31.9 Å². The van der Waals surface area contributed by atoms with Crippen LogP contribution < -0.4 is 0 Å². The van der Waals surface area contributed by atoms with E-state index in [1.54, 1.807) is 6.07 Å². The smallest absolute Gasteiger partial charge is 0.129 e. The fourth-order valence-corrected chi connectivity index (χ4v) is 7.44. The zero-order valence-corrected chi connectivity index (χ0v) is 34.6. The summed E-state index contributed by atoms with van der Waals surface area (Å²) in [7, 11) is 0. The SMILES string of the molecule is CC(C)(C)c1cc(-c2cc(-c3ccccc3O)nc(-c3[c-]c(-c4nc5ccccn5c4-c4ccccc4)cc4c3oc3ccccc34)c2)cc(C(C)(C)C)c1.[Pt]. The molecule has 56 heavy (non-hydrogen) atoms. The summed E-state index contributed by atoms with van der Waals surface area (Å²) in [4.78, 5) is 10.5. The Kier molecular flexibility index (Phi) is 9.33. The van der Waals surface area contributed by atoms with E-state index in [1.165, 1.54) is 11.1 Å². The van der Waals surface area contributed by atoms with Gasteiger partial charge < -0.3 is 13.9 Å². The molecular weight excluding hydrogens is 870 g/mol. The molecule has 1 N–H and O–H groups in total. The summed E-state index contributed by atoms with van der Waals surface area (Å²) < 4.78 is 8.84. The summed E-state index contributed by atoms with van der Waals surface area (Å²) in [6.45, 7) is 13.5. The van der Waals surface area contributed by atoms with Crippen LogP contribution in [0.2, 0.25) is 0 Å². The number of pyridine rings is 2. The minimum Gasteiger partial charge on any atom is -0.507 e. The van der Waals surface area contributed by atoms with Crippen molar-refractivity contribution < 1.29 is 30.6 Å². The zero-order valence-electron chi connectivity index (χ0n) is 32.3. The summed E-state index contributed by atoms with van der Waals surface area (Å²) in [6, 6.07) is 49.1. The molecule has 0 aliphatic carbocycles.